The van der Waals surface area contributed by atoms with Crippen LogP contribution in [0.15, 0.2) is 36.8 Å². The van der Waals surface area contributed by atoms with Crippen LogP contribution < -0.4 is 0 Å². The van der Waals surface area contributed by atoms with E-state index in [0.717, 1.165) is 4.90 Å². The number of esters is 1. The molecule has 0 radical (unpaired) electrons. The summed E-state index contributed by atoms with van der Waals surface area (Å²) in [6.07, 6.45) is -0.670. The maximum Gasteiger partial charge on any atom is 0.422 e. The molecule has 0 bridgehead atoms. The molecule has 2 rings (SSSR count). The van der Waals surface area contributed by atoms with E-state index in [1.54, 1.807) is 0 Å². The quantitative estimate of drug-likeness (QED) is 0.570. The first-order valence-corrected chi connectivity index (χ1v) is 7.42. The highest BCUT2D eigenvalue weighted by atomic mass is 19.4. The normalized spacial score (nSPS) is 10.7. The van der Waals surface area contributed by atoms with E-state index in [9.17, 15) is 22.8 Å². The molecule has 0 aliphatic carbocycles. The molecule has 2 heterocycles. The predicted octanol–water partition coefficient (Wildman–Crippen LogP) is 1.38. The molecule has 0 aliphatic rings. The average molecular weight is 379 g/mol. The Morgan fingerprint density at radius 3 is 2.41 bits per heavy atom. The van der Waals surface area contributed by atoms with Crippen LogP contribution in [0.25, 0.3) is 0 Å². The lowest BCUT2D eigenvalue weighted by Gasteiger charge is -2.20. The molecule has 0 fully saturated rings. The molecule has 0 N–H and O–H groups in total. The maximum absolute atomic E-state index is 12.2. The molecule has 2 aromatic heterocycles. The van der Waals surface area contributed by atoms with E-state index in [4.69, 9.17) is 5.26 Å². The number of rotatable bonds is 5. The van der Waals surface area contributed by atoms with Gasteiger partial charge >= 0.3 is 18.1 Å². The van der Waals surface area contributed by atoms with Gasteiger partial charge in [0.25, 0.3) is 0 Å². The lowest BCUT2D eigenvalue weighted by molar-refractivity contribution is -0.189. The van der Waals surface area contributed by atoms with Crippen LogP contribution in [0.1, 0.15) is 17.1 Å². The summed E-state index contributed by atoms with van der Waals surface area (Å²) in [7, 11) is 0. The van der Waals surface area contributed by atoms with Crippen LogP contribution in [-0.4, -0.2) is 44.5 Å². The third-order valence-electron chi connectivity index (χ3n) is 3.09. The van der Waals surface area contributed by atoms with Gasteiger partial charge in [-0.3, -0.25) is 9.78 Å². The Labute approximate surface area is 151 Å². The molecular formula is C16H12F3N5O3. The first-order valence-electron chi connectivity index (χ1n) is 7.42. The van der Waals surface area contributed by atoms with Crippen molar-refractivity contribution in [3.8, 4) is 6.07 Å². The third-order valence-corrected chi connectivity index (χ3v) is 3.09. The van der Waals surface area contributed by atoms with Crippen molar-refractivity contribution in [1.82, 2.24) is 19.9 Å². The second-order valence-corrected chi connectivity index (χ2v) is 5.17. The van der Waals surface area contributed by atoms with Crippen LogP contribution in [-0.2, 0) is 27.4 Å². The molecule has 140 valence electrons. The first-order chi connectivity index (χ1) is 12.8. The molecule has 11 heteroatoms. The van der Waals surface area contributed by atoms with Crippen LogP contribution in [0.5, 0.6) is 0 Å². The molecule has 1 amide bonds. The molecule has 0 spiro atoms. The maximum atomic E-state index is 12.2. The Morgan fingerprint density at radius 1 is 1.15 bits per heavy atom. The van der Waals surface area contributed by atoms with Crippen molar-refractivity contribution < 1.29 is 27.5 Å². The summed E-state index contributed by atoms with van der Waals surface area (Å²) in [5.41, 5.74) is 0.592. The van der Waals surface area contributed by atoms with Crippen molar-refractivity contribution in [3.63, 3.8) is 0 Å². The molecule has 2 aromatic rings. The number of alkyl halides is 3. The molecule has 0 saturated heterocycles. The van der Waals surface area contributed by atoms with Gasteiger partial charge in [-0.1, -0.05) is 0 Å². The van der Waals surface area contributed by atoms with Gasteiger partial charge in [0, 0.05) is 18.6 Å². The van der Waals surface area contributed by atoms with Gasteiger partial charge in [-0.25, -0.2) is 14.8 Å². The monoisotopic (exact) mass is 379 g/mol. The van der Waals surface area contributed by atoms with Crippen molar-refractivity contribution in [1.29, 1.82) is 5.26 Å². The largest absolute Gasteiger partial charge is 0.449 e. The van der Waals surface area contributed by atoms with Crippen LogP contribution in [0, 0.1) is 11.3 Å². The van der Waals surface area contributed by atoms with Gasteiger partial charge in [0.2, 0.25) is 0 Å². The molecular weight excluding hydrogens is 367 g/mol. The van der Waals surface area contributed by atoms with E-state index in [2.05, 4.69) is 19.7 Å². The summed E-state index contributed by atoms with van der Waals surface area (Å²) in [6.45, 7) is -2.34. The van der Waals surface area contributed by atoms with Gasteiger partial charge in [-0.05, 0) is 18.2 Å². The van der Waals surface area contributed by atoms with Gasteiger partial charge in [0.05, 0.1) is 24.3 Å². The summed E-state index contributed by atoms with van der Waals surface area (Å²) < 4.78 is 40.6. The number of aromatic nitrogens is 3. The number of ether oxygens (including phenoxy) is 1. The summed E-state index contributed by atoms with van der Waals surface area (Å²) in [4.78, 5) is 36.6. The molecule has 0 saturated carbocycles. The third kappa shape index (κ3) is 6.35. The van der Waals surface area contributed by atoms with E-state index in [1.807, 2.05) is 6.07 Å². The van der Waals surface area contributed by atoms with Crippen molar-refractivity contribution in [2.45, 2.75) is 19.3 Å². The second-order valence-electron chi connectivity index (χ2n) is 5.17. The van der Waals surface area contributed by atoms with Gasteiger partial charge in [-0.2, -0.15) is 18.4 Å². The van der Waals surface area contributed by atoms with E-state index >= 15 is 0 Å². The molecule has 0 aliphatic heterocycles. The molecule has 0 unspecified atom stereocenters. The second kappa shape index (κ2) is 8.70. The fourth-order valence-electron chi connectivity index (χ4n) is 1.90. The number of halogens is 3. The minimum atomic E-state index is -4.75. The molecule has 8 nitrogen and oxygen atoms in total. The summed E-state index contributed by atoms with van der Waals surface area (Å²) in [6, 6.07) is 6.31. The summed E-state index contributed by atoms with van der Waals surface area (Å²) in [5, 5.41) is 8.77. The highest BCUT2D eigenvalue weighted by Gasteiger charge is 2.33. The smallest absolute Gasteiger partial charge is 0.422 e. The van der Waals surface area contributed by atoms with Crippen molar-refractivity contribution in [3.05, 3.63) is 53.9 Å². The van der Waals surface area contributed by atoms with E-state index in [-0.39, 0.29) is 24.5 Å². The standard InChI is InChI=1S/C16H12F3N5O3/c17-16(18,19)10-27-15(26)14(25)24(9-13-21-4-1-5-22-13)8-12-3-2-11(6-20)7-23-12/h1-5,7H,8-10H2. The molecule has 27 heavy (non-hydrogen) atoms. The average Bonchev–Trinajstić information content (AvgIpc) is 2.66. The highest BCUT2D eigenvalue weighted by Crippen LogP contribution is 2.15. The number of nitrogens with zero attached hydrogens (tertiary/aromatic N) is 5. The van der Waals surface area contributed by atoms with Gasteiger partial charge in [0.1, 0.15) is 11.9 Å². The Morgan fingerprint density at radius 2 is 1.85 bits per heavy atom. The Hall–Kier alpha value is -3.55. The molecule has 0 aromatic carbocycles. The zero-order valence-corrected chi connectivity index (χ0v) is 13.7. The Kier molecular flexibility index (Phi) is 6.37. The zero-order chi connectivity index (χ0) is 19.9. The van der Waals surface area contributed by atoms with Crippen molar-refractivity contribution in [2.75, 3.05) is 6.61 Å². The van der Waals surface area contributed by atoms with Crippen LogP contribution in [0.2, 0.25) is 0 Å². The van der Waals surface area contributed by atoms with Gasteiger partial charge in [0.15, 0.2) is 6.61 Å². The number of carbonyl (C=O) groups is 2. The predicted molar refractivity (Wildman–Crippen MR) is 82.3 cm³/mol. The fraction of sp³-hybridized carbons (Fsp3) is 0.250. The summed E-state index contributed by atoms with van der Waals surface area (Å²) >= 11 is 0. The lowest BCUT2D eigenvalue weighted by Crippen LogP contribution is -2.38. The number of nitriles is 1. The number of carbonyl (C=O) groups excluding carboxylic acids is 2. The first kappa shape index (κ1) is 19.8. The molecule has 0 atom stereocenters. The number of hydrogen-bond donors (Lipinski definition) is 0. The SMILES string of the molecule is N#Cc1ccc(CN(Cc2ncccn2)C(=O)C(=O)OCC(F)(F)F)nc1. The Bertz CT molecular complexity index is 835. The van der Waals surface area contributed by atoms with Crippen molar-refractivity contribution >= 4 is 11.9 Å². The fourth-order valence-corrected chi connectivity index (χ4v) is 1.90. The lowest BCUT2D eigenvalue weighted by atomic mass is 10.2. The number of hydrogen-bond acceptors (Lipinski definition) is 7. The van der Waals surface area contributed by atoms with Crippen LogP contribution in [0.4, 0.5) is 13.2 Å². The number of pyridine rings is 1. The summed E-state index contributed by atoms with van der Waals surface area (Å²) in [5.74, 6) is -2.78. The minimum absolute atomic E-state index is 0.170. The van der Waals surface area contributed by atoms with E-state index < -0.39 is 24.7 Å². The van der Waals surface area contributed by atoms with Crippen LogP contribution in [0.3, 0.4) is 0 Å². The minimum Gasteiger partial charge on any atom is -0.449 e. The van der Waals surface area contributed by atoms with Gasteiger partial charge < -0.3 is 9.64 Å². The van der Waals surface area contributed by atoms with E-state index in [0.29, 0.717) is 5.69 Å². The van der Waals surface area contributed by atoms with E-state index in [1.165, 1.54) is 36.8 Å². The van der Waals surface area contributed by atoms with Gasteiger partial charge in [-0.15, -0.1) is 0 Å². The Balaban J connectivity index is 2.16. The highest BCUT2D eigenvalue weighted by molar-refractivity contribution is 6.32. The zero-order valence-electron chi connectivity index (χ0n) is 13.7. The van der Waals surface area contributed by atoms with Crippen LogP contribution >= 0.6 is 0 Å². The number of amides is 1. The topological polar surface area (TPSA) is 109 Å². The van der Waals surface area contributed by atoms with Crippen molar-refractivity contribution in [2.24, 2.45) is 0 Å².